The van der Waals surface area contributed by atoms with Crippen LogP contribution in [-0.2, 0) is 4.74 Å². The molecule has 0 amide bonds. The maximum atomic E-state index is 5.28. The molecule has 2 atom stereocenters. The van der Waals surface area contributed by atoms with Crippen LogP contribution in [0.3, 0.4) is 0 Å². The summed E-state index contributed by atoms with van der Waals surface area (Å²) in [5.74, 6) is 0.628. The molecular weight excluding hydrogens is 198 g/mol. The van der Waals surface area contributed by atoms with Crippen molar-refractivity contribution in [1.82, 2.24) is 5.32 Å². The van der Waals surface area contributed by atoms with Crippen LogP contribution in [0, 0.1) is 5.92 Å². The molecule has 0 radical (unpaired) electrons. The Hall–Kier alpha value is -0.860. The van der Waals surface area contributed by atoms with Crippen molar-refractivity contribution in [1.29, 1.82) is 0 Å². The monoisotopic (exact) mass is 221 g/mol. The first-order valence-electron chi connectivity index (χ1n) is 5.95. The molecule has 0 heterocycles. The van der Waals surface area contributed by atoms with Gasteiger partial charge in [-0.25, -0.2) is 0 Å². The summed E-state index contributed by atoms with van der Waals surface area (Å²) in [4.78, 5) is 0. The molecule has 1 aromatic carbocycles. The second-order valence-electron chi connectivity index (χ2n) is 4.62. The minimum Gasteiger partial charge on any atom is -0.383 e. The van der Waals surface area contributed by atoms with Gasteiger partial charge in [0.15, 0.2) is 0 Å². The Morgan fingerprint density at radius 1 is 1.12 bits per heavy atom. The van der Waals surface area contributed by atoms with Crippen LogP contribution in [0.1, 0.15) is 32.4 Å². The van der Waals surface area contributed by atoms with Crippen LogP contribution in [-0.4, -0.2) is 19.8 Å². The molecule has 2 heteroatoms. The molecule has 1 rings (SSSR count). The Balaban J connectivity index is 2.68. The Kier molecular flexibility index (Phi) is 5.50. The minimum atomic E-state index is 0.281. The van der Waals surface area contributed by atoms with Gasteiger partial charge in [0, 0.05) is 13.2 Å². The van der Waals surface area contributed by atoms with E-state index < -0.39 is 0 Å². The third kappa shape index (κ3) is 3.95. The summed E-state index contributed by atoms with van der Waals surface area (Å²) in [7, 11) is 1.75. The van der Waals surface area contributed by atoms with Crippen molar-refractivity contribution in [3.8, 4) is 0 Å². The third-order valence-corrected chi connectivity index (χ3v) is 3.00. The molecule has 90 valence electrons. The van der Waals surface area contributed by atoms with Crippen LogP contribution >= 0.6 is 0 Å². The number of hydrogen-bond donors (Lipinski definition) is 1. The summed E-state index contributed by atoms with van der Waals surface area (Å²) >= 11 is 0. The Morgan fingerprint density at radius 3 is 2.25 bits per heavy atom. The summed E-state index contributed by atoms with van der Waals surface area (Å²) in [6, 6.07) is 11.2. The van der Waals surface area contributed by atoms with Gasteiger partial charge in [0.05, 0.1) is 12.6 Å². The average Bonchev–Trinajstić information content (AvgIpc) is 2.29. The Morgan fingerprint density at radius 2 is 1.75 bits per heavy atom. The lowest BCUT2D eigenvalue weighted by Gasteiger charge is -2.25. The quantitative estimate of drug-likeness (QED) is 0.797. The zero-order valence-corrected chi connectivity index (χ0v) is 10.7. The van der Waals surface area contributed by atoms with Crippen molar-refractivity contribution in [2.45, 2.75) is 32.9 Å². The number of benzene rings is 1. The van der Waals surface area contributed by atoms with Gasteiger partial charge in [-0.2, -0.15) is 0 Å². The molecule has 0 saturated heterocycles. The van der Waals surface area contributed by atoms with E-state index in [1.807, 2.05) is 6.07 Å². The molecule has 0 aliphatic heterocycles. The normalized spacial score (nSPS) is 15.1. The van der Waals surface area contributed by atoms with E-state index in [4.69, 9.17) is 4.74 Å². The van der Waals surface area contributed by atoms with Crippen molar-refractivity contribution in [2.75, 3.05) is 13.7 Å². The van der Waals surface area contributed by atoms with Gasteiger partial charge in [0.1, 0.15) is 0 Å². The van der Waals surface area contributed by atoms with E-state index >= 15 is 0 Å². The minimum absolute atomic E-state index is 0.281. The zero-order valence-electron chi connectivity index (χ0n) is 10.7. The van der Waals surface area contributed by atoms with Gasteiger partial charge in [0.2, 0.25) is 0 Å². The smallest absolute Gasteiger partial charge is 0.0657 e. The zero-order chi connectivity index (χ0) is 12.0. The lowest BCUT2D eigenvalue weighted by atomic mass is 10.0. The average molecular weight is 221 g/mol. The first-order valence-corrected chi connectivity index (χ1v) is 5.95. The van der Waals surface area contributed by atoms with Crippen molar-refractivity contribution >= 4 is 0 Å². The molecule has 0 aliphatic carbocycles. The first-order chi connectivity index (χ1) is 7.65. The van der Waals surface area contributed by atoms with Crippen LogP contribution in [0.15, 0.2) is 30.3 Å². The van der Waals surface area contributed by atoms with Crippen LogP contribution in [0.5, 0.6) is 0 Å². The summed E-state index contributed by atoms with van der Waals surface area (Å²) in [6.07, 6.45) is 0. The molecular formula is C14H23NO. The SMILES string of the molecule is COC[C@H](N[C@@H](C)C(C)C)c1ccccc1. The van der Waals surface area contributed by atoms with Crippen molar-refractivity contribution < 1.29 is 4.74 Å². The number of ether oxygens (including phenoxy) is 1. The van der Waals surface area contributed by atoms with Crippen LogP contribution in [0.2, 0.25) is 0 Å². The highest BCUT2D eigenvalue weighted by atomic mass is 16.5. The second kappa shape index (κ2) is 6.66. The molecule has 0 aliphatic rings. The molecule has 0 spiro atoms. The lowest BCUT2D eigenvalue weighted by molar-refractivity contribution is 0.157. The molecule has 16 heavy (non-hydrogen) atoms. The lowest BCUT2D eigenvalue weighted by Crippen LogP contribution is -2.36. The summed E-state index contributed by atoms with van der Waals surface area (Å²) in [5, 5.41) is 3.61. The van der Waals surface area contributed by atoms with E-state index in [1.165, 1.54) is 5.56 Å². The van der Waals surface area contributed by atoms with Gasteiger partial charge >= 0.3 is 0 Å². The highest BCUT2D eigenvalue weighted by Gasteiger charge is 2.15. The van der Waals surface area contributed by atoms with E-state index in [2.05, 4.69) is 50.4 Å². The third-order valence-electron chi connectivity index (χ3n) is 3.00. The summed E-state index contributed by atoms with van der Waals surface area (Å²) in [6.45, 7) is 7.39. The topological polar surface area (TPSA) is 21.3 Å². The molecule has 1 aromatic rings. The fraction of sp³-hybridized carbons (Fsp3) is 0.571. The molecule has 0 bridgehead atoms. The van der Waals surface area contributed by atoms with E-state index in [1.54, 1.807) is 7.11 Å². The molecule has 0 fully saturated rings. The summed E-state index contributed by atoms with van der Waals surface area (Å²) in [5.41, 5.74) is 1.29. The van der Waals surface area contributed by atoms with Crippen LogP contribution in [0.25, 0.3) is 0 Å². The van der Waals surface area contributed by atoms with Gasteiger partial charge in [-0.05, 0) is 18.4 Å². The van der Waals surface area contributed by atoms with Crippen LogP contribution < -0.4 is 5.32 Å². The van der Waals surface area contributed by atoms with Gasteiger partial charge < -0.3 is 10.1 Å². The highest BCUT2D eigenvalue weighted by Crippen LogP contribution is 2.15. The van der Waals surface area contributed by atoms with E-state index in [9.17, 15) is 0 Å². The molecule has 2 nitrogen and oxygen atoms in total. The van der Waals surface area contributed by atoms with E-state index in [-0.39, 0.29) is 6.04 Å². The Bertz CT molecular complexity index is 284. The van der Waals surface area contributed by atoms with Gasteiger partial charge in [-0.3, -0.25) is 0 Å². The van der Waals surface area contributed by atoms with Gasteiger partial charge in [-0.15, -0.1) is 0 Å². The maximum absolute atomic E-state index is 5.28. The molecule has 0 saturated carbocycles. The summed E-state index contributed by atoms with van der Waals surface area (Å²) < 4.78 is 5.28. The van der Waals surface area contributed by atoms with Gasteiger partial charge in [0.25, 0.3) is 0 Å². The maximum Gasteiger partial charge on any atom is 0.0657 e. The number of rotatable bonds is 6. The van der Waals surface area contributed by atoms with E-state index in [0.717, 1.165) is 0 Å². The van der Waals surface area contributed by atoms with Crippen molar-refractivity contribution in [3.05, 3.63) is 35.9 Å². The highest BCUT2D eigenvalue weighted by molar-refractivity contribution is 5.19. The molecule has 1 N–H and O–H groups in total. The number of nitrogens with one attached hydrogen (secondary N) is 1. The molecule has 0 unspecified atom stereocenters. The predicted molar refractivity (Wildman–Crippen MR) is 68.5 cm³/mol. The van der Waals surface area contributed by atoms with Crippen molar-refractivity contribution in [2.24, 2.45) is 5.92 Å². The van der Waals surface area contributed by atoms with E-state index in [0.29, 0.717) is 18.6 Å². The van der Waals surface area contributed by atoms with Gasteiger partial charge in [-0.1, -0.05) is 44.2 Å². The predicted octanol–water partition coefficient (Wildman–Crippen LogP) is 3.01. The fourth-order valence-corrected chi connectivity index (χ4v) is 1.60. The second-order valence-corrected chi connectivity index (χ2v) is 4.62. The van der Waals surface area contributed by atoms with Crippen LogP contribution in [0.4, 0.5) is 0 Å². The fourth-order valence-electron chi connectivity index (χ4n) is 1.60. The number of methoxy groups -OCH3 is 1. The number of hydrogen-bond acceptors (Lipinski definition) is 2. The van der Waals surface area contributed by atoms with Crippen molar-refractivity contribution in [3.63, 3.8) is 0 Å². The first kappa shape index (κ1) is 13.2. The molecule has 0 aromatic heterocycles. The largest absolute Gasteiger partial charge is 0.383 e. The Labute approximate surface area is 99.0 Å². The standard InChI is InChI=1S/C14H23NO/c1-11(2)12(3)15-14(10-16-4)13-8-6-5-7-9-13/h5-9,11-12,14-15H,10H2,1-4H3/t12-,14-/m0/s1.